The molecule has 1 saturated heterocycles. The molecule has 1 N–H and O–H groups in total. The van der Waals surface area contributed by atoms with Gasteiger partial charge in [-0.05, 0) is 67.1 Å². The number of hydrogen-bond acceptors (Lipinski definition) is 6. The Morgan fingerprint density at radius 3 is 2.91 bits per heavy atom. The van der Waals surface area contributed by atoms with Crippen LogP contribution in [-0.2, 0) is 22.5 Å². The van der Waals surface area contributed by atoms with Gasteiger partial charge in [0.05, 0.1) is 30.8 Å². The molecule has 0 saturated carbocycles. The molecule has 0 aliphatic carbocycles. The second-order valence-electron chi connectivity index (χ2n) is 8.78. The van der Waals surface area contributed by atoms with Crippen LogP contribution in [0.4, 0.5) is 5.82 Å². The van der Waals surface area contributed by atoms with Crippen LogP contribution >= 0.6 is 22.7 Å². The number of nitrogens with zero attached hydrogens (tertiary/aromatic N) is 3. The lowest BCUT2D eigenvalue weighted by Gasteiger charge is -2.34. The van der Waals surface area contributed by atoms with Gasteiger partial charge >= 0.3 is 0 Å². The fourth-order valence-electron chi connectivity index (χ4n) is 5.03. The van der Waals surface area contributed by atoms with Crippen molar-refractivity contribution in [3.63, 3.8) is 0 Å². The van der Waals surface area contributed by atoms with Crippen LogP contribution in [0, 0.1) is 25.2 Å². The van der Waals surface area contributed by atoms with Gasteiger partial charge in [-0.2, -0.15) is 5.26 Å². The highest BCUT2D eigenvalue weighted by Gasteiger charge is 2.32. The second kappa shape index (κ2) is 9.43. The van der Waals surface area contributed by atoms with Crippen LogP contribution in [0.1, 0.15) is 51.0 Å². The van der Waals surface area contributed by atoms with E-state index in [1.165, 1.54) is 15.3 Å². The van der Waals surface area contributed by atoms with Crippen LogP contribution < -0.4 is 5.32 Å². The number of rotatable bonds is 6. The zero-order chi connectivity index (χ0) is 22.9. The topological polar surface area (TPSA) is 70.3 Å². The van der Waals surface area contributed by atoms with E-state index in [9.17, 15) is 10.1 Å². The molecular weight excluding hydrogens is 452 g/mol. The van der Waals surface area contributed by atoms with Crippen LogP contribution in [0.25, 0.3) is 0 Å². The number of carbonyl (C=O) groups excluding carboxylic acids is 1. The molecule has 0 bridgehead atoms. The number of hydrogen-bond donors (Lipinski definition) is 1. The molecule has 33 heavy (non-hydrogen) atoms. The van der Waals surface area contributed by atoms with Crippen molar-refractivity contribution >= 4 is 34.4 Å². The Morgan fingerprint density at radius 1 is 1.30 bits per heavy atom. The van der Waals surface area contributed by atoms with E-state index >= 15 is 0 Å². The van der Waals surface area contributed by atoms with Crippen molar-refractivity contribution in [3.05, 3.63) is 61.1 Å². The van der Waals surface area contributed by atoms with Gasteiger partial charge in [-0.3, -0.25) is 9.69 Å². The lowest BCUT2D eigenvalue weighted by atomic mass is 9.98. The van der Waals surface area contributed by atoms with Gasteiger partial charge < -0.3 is 14.6 Å². The van der Waals surface area contributed by atoms with E-state index in [0.717, 1.165) is 43.7 Å². The van der Waals surface area contributed by atoms with E-state index < -0.39 is 0 Å². The SMILES string of the molecule is Cc1c(C#N)c(NC(=O)CN2CCc3sccc3[C@H]2c2cccs2)n(C[C@@H]2CCCO2)c1C. The molecule has 2 atom stereocenters. The summed E-state index contributed by atoms with van der Waals surface area (Å²) in [6.07, 6.45) is 3.14. The highest BCUT2D eigenvalue weighted by atomic mass is 32.1. The number of nitriles is 1. The number of thiophene rings is 2. The molecule has 6 nitrogen and oxygen atoms in total. The normalized spacial score (nSPS) is 20.5. The number of aromatic nitrogens is 1. The Hall–Kier alpha value is -2.44. The van der Waals surface area contributed by atoms with Gasteiger partial charge in [-0.1, -0.05) is 6.07 Å². The molecule has 0 radical (unpaired) electrons. The van der Waals surface area contributed by atoms with Crippen LogP contribution in [0.5, 0.6) is 0 Å². The number of carbonyl (C=O) groups is 1. The van der Waals surface area contributed by atoms with Crippen molar-refractivity contribution in [2.75, 3.05) is 25.0 Å². The lowest BCUT2D eigenvalue weighted by molar-refractivity contribution is -0.117. The molecule has 2 aliphatic rings. The Balaban J connectivity index is 1.39. The smallest absolute Gasteiger partial charge is 0.239 e. The average Bonchev–Trinajstić information content (AvgIpc) is 3.61. The second-order valence-corrected chi connectivity index (χ2v) is 10.8. The molecule has 5 rings (SSSR count). The zero-order valence-electron chi connectivity index (χ0n) is 19.0. The van der Waals surface area contributed by atoms with Gasteiger partial charge in [-0.15, -0.1) is 22.7 Å². The summed E-state index contributed by atoms with van der Waals surface area (Å²) in [7, 11) is 0. The molecule has 172 valence electrons. The van der Waals surface area contributed by atoms with E-state index in [4.69, 9.17) is 4.74 Å². The van der Waals surface area contributed by atoms with Gasteiger partial charge in [0.25, 0.3) is 0 Å². The number of anilines is 1. The van der Waals surface area contributed by atoms with Crippen molar-refractivity contribution in [2.24, 2.45) is 0 Å². The molecule has 0 spiro atoms. The Kier molecular flexibility index (Phi) is 6.39. The summed E-state index contributed by atoms with van der Waals surface area (Å²) in [5.74, 6) is 0.520. The minimum absolute atomic E-state index is 0.0853. The third-order valence-electron chi connectivity index (χ3n) is 6.83. The molecule has 2 aliphatic heterocycles. The summed E-state index contributed by atoms with van der Waals surface area (Å²) in [5.41, 5.74) is 3.79. The van der Waals surface area contributed by atoms with E-state index in [-0.39, 0.29) is 24.6 Å². The van der Waals surface area contributed by atoms with E-state index in [0.29, 0.717) is 17.9 Å². The summed E-state index contributed by atoms with van der Waals surface area (Å²) in [5, 5.41) is 17.2. The average molecular weight is 481 g/mol. The predicted octanol–water partition coefficient (Wildman–Crippen LogP) is 4.86. The highest BCUT2D eigenvalue weighted by molar-refractivity contribution is 7.10. The minimum Gasteiger partial charge on any atom is -0.376 e. The Bertz CT molecular complexity index is 1180. The zero-order valence-corrected chi connectivity index (χ0v) is 20.6. The Labute approximate surface area is 202 Å². The van der Waals surface area contributed by atoms with Gasteiger partial charge in [0.2, 0.25) is 5.91 Å². The van der Waals surface area contributed by atoms with Gasteiger partial charge in [0.15, 0.2) is 0 Å². The maximum Gasteiger partial charge on any atom is 0.239 e. The van der Waals surface area contributed by atoms with E-state index in [1.54, 1.807) is 22.7 Å². The highest BCUT2D eigenvalue weighted by Crippen LogP contribution is 2.39. The first kappa shape index (κ1) is 22.4. The molecule has 0 aromatic carbocycles. The fraction of sp³-hybridized carbons (Fsp3) is 0.440. The van der Waals surface area contributed by atoms with Crippen molar-refractivity contribution in [1.82, 2.24) is 9.47 Å². The standard InChI is InChI=1S/C25H28N4O2S2/c1-16-17(2)29(14-18-5-3-10-31-18)25(20(16)13-26)27-23(30)15-28-9-7-21-19(8-12-33-21)24(28)22-6-4-11-32-22/h4,6,8,11-12,18,24H,3,5,7,9-10,14-15H2,1-2H3,(H,27,30)/t18-,24-/m0/s1. The summed E-state index contributed by atoms with van der Waals surface area (Å²) in [4.78, 5) is 18.3. The first-order chi connectivity index (χ1) is 16.1. The largest absolute Gasteiger partial charge is 0.376 e. The fourth-order valence-corrected chi connectivity index (χ4v) is 6.81. The van der Waals surface area contributed by atoms with Crippen molar-refractivity contribution in [1.29, 1.82) is 5.26 Å². The monoisotopic (exact) mass is 480 g/mol. The van der Waals surface area contributed by atoms with Crippen LogP contribution in [0.3, 0.4) is 0 Å². The summed E-state index contributed by atoms with van der Waals surface area (Å²) >= 11 is 3.54. The molecule has 1 fully saturated rings. The first-order valence-corrected chi connectivity index (χ1v) is 13.2. The van der Waals surface area contributed by atoms with Gasteiger partial charge in [-0.25, -0.2) is 0 Å². The van der Waals surface area contributed by atoms with E-state index in [2.05, 4.69) is 49.8 Å². The first-order valence-electron chi connectivity index (χ1n) is 11.4. The van der Waals surface area contributed by atoms with Crippen LogP contribution in [-0.4, -0.2) is 41.2 Å². The van der Waals surface area contributed by atoms with Gasteiger partial charge in [0, 0.05) is 28.6 Å². The molecular formula is C25H28N4O2S2. The molecule has 3 aromatic rings. The summed E-state index contributed by atoms with van der Waals surface area (Å²) in [6, 6.07) is 8.83. The number of ether oxygens (including phenoxy) is 1. The van der Waals surface area contributed by atoms with Crippen LogP contribution in [0.15, 0.2) is 29.0 Å². The number of nitrogens with one attached hydrogen (secondary N) is 1. The third-order valence-corrected chi connectivity index (χ3v) is 8.76. The van der Waals surface area contributed by atoms with Crippen molar-refractivity contribution < 1.29 is 9.53 Å². The molecule has 5 heterocycles. The van der Waals surface area contributed by atoms with E-state index in [1.807, 2.05) is 13.8 Å². The predicted molar refractivity (Wildman–Crippen MR) is 132 cm³/mol. The third kappa shape index (κ3) is 4.26. The van der Waals surface area contributed by atoms with Gasteiger partial charge in [0.1, 0.15) is 11.9 Å². The van der Waals surface area contributed by atoms with Crippen molar-refractivity contribution in [2.45, 2.75) is 51.8 Å². The lowest BCUT2D eigenvalue weighted by Crippen LogP contribution is -2.40. The molecule has 8 heteroatoms. The summed E-state index contributed by atoms with van der Waals surface area (Å²) in [6.45, 7) is 6.52. The maximum atomic E-state index is 13.3. The van der Waals surface area contributed by atoms with Crippen molar-refractivity contribution in [3.8, 4) is 6.07 Å². The maximum absolute atomic E-state index is 13.3. The summed E-state index contributed by atoms with van der Waals surface area (Å²) < 4.78 is 7.90. The van der Waals surface area contributed by atoms with Crippen LogP contribution in [0.2, 0.25) is 0 Å². The molecule has 1 amide bonds. The Morgan fingerprint density at radius 2 is 2.18 bits per heavy atom. The number of amides is 1. The quantitative estimate of drug-likeness (QED) is 0.547. The molecule has 3 aromatic heterocycles. The number of fused-ring (bicyclic) bond motifs is 1. The minimum atomic E-state index is -0.0853. The molecule has 0 unspecified atom stereocenters.